The van der Waals surface area contributed by atoms with E-state index in [0.717, 1.165) is 67.1 Å². The van der Waals surface area contributed by atoms with E-state index < -0.39 is 43.2 Å². The Morgan fingerprint density at radius 3 is 2.50 bits per heavy atom. The number of hydrogen-bond donors (Lipinski definition) is 6. The molecule has 0 radical (unpaired) electrons. The Balaban J connectivity index is 1.30. The van der Waals surface area contributed by atoms with Crippen LogP contribution in [0.5, 0.6) is 0 Å². The van der Waals surface area contributed by atoms with Gasteiger partial charge >= 0.3 is 0 Å². The second-order valence-electron chi connectivity index (χ2n) is 11.2. The SMILES string of the molecule is C/C(=C(/C#N)C(=O)N[C@H]1C(O)O[C@H](CO)[C@@H](O)[C@@H]1O)c1ccc(-c2ccc3cc(NCCN4CCOCC4)ccc3c2)n1C. The first-order valence-corrected chi connectivity index (χ1v) is 14.7. The average molecular weight is 606 g/mol. The number of rotatable bonds is 9. The molecular weight excluding hydrogens is 566 g/mol. The van der Waals surface area contributed by atoms with Crippen molar-refractivity contribution < 1.29 is 34.7 Å². The average Bonchev–Trinajstić information content (AvgIpc) is 3.42. The number of amides is 1. The van der Waals surface area contributed by atoms with E-state index in [2.05, 4.69) is 45.9 Å². The van der Waals surface area contributed by atoms with Gasteiger partial charge in [0, 0.05) is 50.3 Å². The molecule has 1 unspecified atom stereocenters. The molecule has 0 aliphatic carbocycles. The first-order valence-electron chi connectivity index (χ1n) is 14.7. The molecule has 44 heavy (non-hydrogen) atoms. The van der Waals surface area contributed by atoms with Gasteiger partial charge in [0.15, 0.2) is 6.29 Å². The lowest BCUT2D eigenvalue weighted by Crippen LogP contribution is -2.64. The summed E-state index contributed by atoms with van der Waals surface area (Å²) in [7, 11) is 1.85. The standard InChI is InChI=1S/C32H39N5O7/c1-19(24(17-33)31(41)35-28-30(40)29(39)27(18-38)44-32(28)42)25-7-8-26(36(25)2)22-4-3-21-16-23(6-5-20(21)15-22)34-9-10-37-11-13-43-14-12-37/h3-8,15-16,27-30,32,34,38-40,42H,9-14,18H2,1-2H3,(H,35,41)/b24-19+/t27-,28-,29-,30-,32?/m1/s1. The first-order chi connectivity index (χ1) is 21.2. The molecule has 3 heterocycles. The molecule has 2 saturated heterocycles. The van der Waals surface area contributed by atoms with Crippen LogP contribution in [0.25, 0.3) is 27.6 Å². The number of carbonyl (C=O) groups is 1. The molecular formula is C32H39N5O7. The van der Waals surface area contributed by atoms with E-state index in [1.54, 1.807) is 6.92 Å². The number of aromatic nitrogens is 1. The van der Waals surface area contributed by atoms with Crippen LogP contribution >= 0.6 is 0 Å². The summed E-state index contributed by atoms with van der Waals surface area (Å²) in [5, 5.41) is 58.0. The molecule has 0 spiro atoms. The van der Waals surface area contributed by atoms with Crippen LogP contribution in [0.1, 0.15) is 12.6 Å². The second kappa shape index (κ2) is 13.9. The molecule has 3 aromatic rings. The topological polar surface area (TPSA) is 172 Å². The van der Waals surface area contributed by atoms with Gasteiger partial charge in [0.1, 0.15) is 36.0 Å². The number of benzene rings is 2. The van der Waals surface area contributed by atoms with E-state index in [4.69, 9.17) is 9.47 Å². The van der Waals surface area contributed by atoms with E-state index >= 15 is 0 Å². The Morgan fingerprint density at radius 2 is 1.77 bits per heavy atom. The van der Waals surface area contributed by atoms with Crippen molar-refractivity contribution in [3.05, 3.63) is 59.8 Å². The number of ether oxygens (including phenoxy) is 2. The monoisotopic (exact) mass is 605 g/mol. The highest BCUT2D eigenvalue weighted by Gasteiger charge is 2.44. The Morgan fingerprint density at radius 1 is 1.05 bits per heavy atom. The van der Waals surface area contributed by atoms with Crippen molar-refractivity contribution in [3.8, 4) is 17.3 Å². The van der Waals surface area contributed by atoms with Crippen LogP contribution in [0, 0.1) is 11.3 Å². The lowest BCUT2D eigenvalue weighted by molar-refractivity contribution is -0.253. The zero-order chi connectivity index (χ0) is 31.4. The highest BCUT2D eigenvalue weighted by atomic mass is 16.6. The minimum Gasteiger partial charge on any atom is -0.394 e. The lowest BCUT2D eigenvalue weighted by atomic mass is 9.96. The van der Waals surface area contributed by atoms with Crippen molar-refractivity contribution in [1.82, 2.24) is 14.8 Å². The number of aliphatic hydroxyl groups excluding tert-OH is 4. The fourth-order valence-corrected chi connectivity index (χ4v) is 5.79. The molecule has 5 rings (SSSR count). The van der Waals surface area contributed by atoms with Gasteiger partial charge in [0.2, 0.25) is 0 Å². The number of morpholine rings is 1. The number of fused-ring (bicyclic) bond motifs is 1. The first kappa shape index (κ1) is 31.6. The van der Waals surface area contributed by atoms with Crippen LogP contribution in [-0.2, 0) is 21.3 Å². The maximum atomic E-state index is 13.1. The van der Waals surface area contributed by atoms with Gasteiger partial charge in [0.25, 0.3) is 5.91 Å². The Bertz CT molecular complexity index is 1560. The van der Waals surface area contributed by atoms with Gasteiger partial charge in [-0.05, 0) is 59.2 Å². The van der Waals surface area contributed by atoms with Gasteiger partial charge in [-0.1, -0.05) is 18.2 Å². The minimum absolute atomic E-state index is 0.219. The molecule has 2 aromatic carbocycles. The van der Waals surface area contributed by atoms with Gasteiger partial charge in [-0.3, -0.25) is 9.69 Å². The van der Waals surface area contributed by atoms with Gasteiger partial charge < -0.3 is 45.1 Å². The fraction of sp³-hybridized carbons (Fsp3) is 0.438. The third kappa shape index (κ3) is 6.64. The third-order valence-electron chi connectivity index (χ3n) is 8.41. The summed E-state index contributed by atoms with van der Waals surface area (Å²) in [6, 6.07) is 16.7. The van der Waals surface area contributed by atoms with E-state index in [0.29, 0.717) is 11.3 Å². The number of hydrogen-bond acceptors (Lipinski definition) is 10. The van der Waals surface area contributed by atoms with Gasteiger partial charge in [-0.2, -0.15) is 5.26 Å². The molecule has 2 aliphatic rings. The van der Waals surface area contributed by atoms with E-state index in [-0.39, 0.29) is 5.57 Å². The number of carbonyl (C=O) groups excluding carboxylic acids is 1. The minimum atomic E-state index is -1.69. The zero-order valence-corrected chi connectivity index (χ0v) is 24.8. The van der Waals surface area contributed by atoms with Crippen molar-refractivity contribution >= 4 is 27.9 Å². The number of anilines is 1. The Labute approximate surface area is 255 Å². The van der Waals surface area contributed by atoms with Crippen LogP contribution in [0.2, 0.25) is 0 Å². The zero-order valence-electron chi connectivity index (χ0n) is 24.8. The van der Waals surface area contributed by atoms with E-state index in [1.165, 1.54) is 0 Å². The Kier molecular flexibility index (Phi) is 9.97. The summed E-state index contributed by atoms with van der Waals surface area (Å²) in [6.07, 6.45) is -6.05. The summed E-state index contributed by atoms with van der Waals surface area (Å²) >= 11 is 0. The predicted molar refractivity (Wildman–Crippen MR) is 164 cm³/mol. The largest absolute Gasteiger partial charge is 0.394 e. The summed E-state index contributed by atoms with van der Waals surface area (Å²) in [5.41, 5.74) is 3.72. The van der Waals surface area contributed by atoms with Crippen molar-refractivity contribution in [1.29, 1.82) is 5.26 Å². The van der Waals surface area contributed by atoms with Crippen molar-refractivity contribution in [2.24, 2.45) is 7.05 Å². The highest BCUT2D eigenvalue weighted by Crippen LogP contribution is 2.30. The number of allylic oxidation sites excluding steroid dienone is 1. The molecule has 0 bridgehead atoms. The molecule has 12 heteroatoms. The Hall–Kier alpha value is -3.80. The molecule has 12 nitrogen and oxygen atoms in total. The number of nitrogens with one attached hydrogen (secondary N) is 2. The maximum absolute atomic E-state index is 13.1. The van der Waals surface area contributed by atoms with Crippen molar-refractivity contribution in [3.63, 3.8) is 0 Å². The van der Waals surface area contributed by atoms with Crippen LogP contribution < -0.4 is 10.6 Å². The molecule has 2 aliphatic heterocycles. The van der Waals surface area contributed by atoms with Crippen LogP contribution in [0.15, 0.2) is 54.1 Å². The summed E-state index contributed by atoms with van der Waals surface area (Å²) in [5.74, 6) is -0.839. The second-order valence-corrected chi connectivity index (χ2v) is 11.2. The third-order valence-corrected chi connectivity index (χ3v) is 8.41. The fourth-order valence-electron chi connectivity index (χ4n) is 5.79. The number of nitrogens with zero attached hydrogens (tertiary/aromatic N) is 3. The number of nitriles is 1. The molecule has 1 aromatic heterocycles. The lowest BCUT2D eigenvalue weighted by Gasteiger charge is -2.40. The van der Waals surface area contributed by atoms with Crippen molar-refractivity contribution in [2.75, 3.05) is 51.3 Å². The molecule has 0 saturated carbocycles. The molecule has 234 valence electrons. The van der Waals surface area contributed by atoms with Gasteiger partial charge in [-0.15, -0.1) is 0 Å². The van der Waals surface area contributed by atoms with Gasteiger partial charge in [0.05, 0.1) is 19.8 Å². The summed E-state index contributed by atoms with van der Waals surface area (Å²) in [6.45, 7) is 6.34. The van der Waals surface area contributed by atoms with Crippen LogP contribution in [0.4, 0.5) is 5.69 Å². The maximum Gasteiger partial charge on any atom is 0.262 e. The van der Waals surface area contributed by atoms with Crippen LogP contribution in [-0.4, -0.2) is 112 Å². The van der Waals surface area contributed by atoms with Crippen molar-refractivity contribution in [2.45, 2.75) is 37.6 Å². The number of aliphatic hydroxyl groups is 4. The quantitative estimate of drug-likeness (QED) is 0.151. The van der Waals surface area contributed by atoms with E-state index in [1.807, 2.05) is 35.9 Å². The molecule has 2 fully saturated rings. The normalized spacial score (nSPS) is 24.9. The highest BCUT2D eigenvalue weighted by molar-refractivity contribution is 6.04. The molecule has 5 atom stereocenters. The van der Waals surface area contributed by atoms with Gasteiger partial charge in [-0.25, -0.2) is 0 Å². The van der Waals surface area contributed by atoms with E-state index in [9.17, 15) is 30.5 Å². The van der Waals surface area contributed by atoms with Crippen LogP contribution in [0.3, 0.4) is 0 Å². The molecule has 6 N–H and O–H groups in total. The summed E-state index contributed by atoms with van der Waals surface area (Å²) < 4.78 is 12.4. The predicted octanol–water partition coefficient (Wildman–Crippen LogP) is 0.803. The summed E-state index contributed by atoms with van der Waals surface area (Å²) in [4.78, 5) is 15.5. The smallest absolute Gasteiger partial charge is 0.262 e. The molecule has 1 amide bonds.